The van der Waals surface area contributed by atoms with Crippen molar-refractivity contribution in [2.45, 2.75) is 0 Å². The highest BCUT2D eigenvalue weighted by atomic mass is 16.6. The van der Waals surface area contributed by atoms with Crippen LogP contribution < -0.4 is 5.32 Å². The summed E-state index contributed by atoms with van der Waals surface area (Å²) in [4.78, 5) is 22.0. The minimum atomic E-state index is -0.580. The molecule has 0 fully saturated rings. The van der Waals surface area contributed by atoms with Gasteiger partial charge in [-0.1, -0.05) is 18.2 Å². The lowest BCUT2D eigenvalue weighted by atomic mass is 10.1. The van der Waals surface area contributed by atoms with Gasteiger partial charge in [0.25, 0.3) is 11.6 Å². The average molecular weight is 310 g/mol. The third-order valence-electron chi connectivity index (χ3n) is 3.22. The number of nitrogens with one attached hydrogen (secondary N) is 1. The standard InChI is InChI=1S/C15H10N4O4/c20-13-6-5-10(19(22)23)7-9(13)8-16-18-14-11-3-1-2-4-12(11)17-15(14)21/h1-8,20H,(H,17,18,21). The van der Waals surface area contributed by atoms with Crippen molar-refractivity contribution < 1.29 is 14.8 Å². The predicted octanol–water partition coefficient (Wildman–Crippen LogP) is 2.08. The Morgan fingerprint density at radius 3 is 2.78 bits per heavy atom. The van der Waals surface area contributed by atoms with Gasteiger partial charge >= 0.3 is 0 Å². The number of hydrogen-bond acceptors (Lipinski definition) is 6. The van der Waals surface area contributed by atoms with Crippen LogP contribution in [0.25, 0.3) is 0 Å². The number of carbonyl (C=O) groups is 1. The number of rotatable bonds is 3. The van der Waals surface area contributed by atoms with Crippen molar-refractivity contribution >= 4 is 29.2 Å². The van der Waals surface area contributed by atoms with Crippen LogP contribution in [0.2, 0.25) is 0 Å². The zero-order valence-corrected chi connectivity index (χ0v) is 11.6. The van der Waals surface area contributed by atoms with Crippen molar-refractivity contribution in [3.05, 3.63) is 63.7 Å². The molecule has 0 atom stereocenters. The number of fused-ring (bicyclic) bond motifs is 1. The minimum Gasteiger partial charge on any atom is -0.507 e. The first-order valence-corrected chi connectivity index (χ1v) is 6.55. The van der Waals surface area contributed by atoms with Gasteiger partial charge in [-0.2, -0.15) is 5.10 Å². The van der Waals surface area contributed by atoms with Crippen LogP contribution in [0.4, 0.5) is 11.4 Å². The highest BCUT2D eigenvalue weighted by Gasteiger charge is 2.25. The van der Waals surface area contributed by atoms with E-state index in [0.717, 1.165) is 6.21 Å². The van der Waals surface area contributed by atoms with E-state index in [4.69, 9.17) is 0 Å². The Kier molecular flexibility index (Phi) is 3.55. The van der Waals surface area contributed by atoms with E-state index in [9.17, 15) is 20.0 Å². The van der Waals surface area contributed by atoms with Crippen molar-refractivity contribution in [3.8, 4) is 5.75 Å². The Morgan fingerprint density at radius 1 is 1.22 bits per heavy atom. The van der Waals surface area contributed by atoms with E-state index in [-0.39, 0.29) is 28.6 Å². The van der Waals surface area contributed by atoms with Crippen LogP contribution in [0.3, 0.4) is 0 Å². The van der Waals surface area contributed by atoms with Crippen LogP contribution in [0.15, 0.2) is 52.7 Å². The first-order valence-electron chi connectivity index (χ1n) is 6.55. The molecule has 0 unspecified atom stereocenters. The topological polar surface area (TPSA) is 117 Å². The zero-order valence-electron chi connectivity index (χ0n) is 11.6. The van der Waals surface area contributed by atoms with Gasteiger partial charge in [0.2, 0.25) is 0 Å². The van der Waals surface area contributed by atoms with Crippen LogP contribution in [0, 0.1) is 10.1 Å². The molecule has 2 aromatic rings. The van der Waals surface area contributed by atoms with Gasteiger partial charge in [-0.25, -0.2) is 0 Å². The molecule has 0 radical (unpaired) electrons. The quantitative estimate of drug-likeness (QED) is 0.512. The van der Waals surface area contributed by atoms with E-state index < -0.39 is 4.92 Å². The summed E-state index contributed by atoms with van der Waals surface area (Å²) >= 11 is 0. The van der Waals surface area contributed by atoms with Gasteiger partial charge in [0.15, 0.2) is 5.71 Å². The normalized spacial score (nSPS) is 15.0. The third kappa shape index (κ3) is 2.77. The van der Waals surface area contributed by atoms with Gasteiger partial charge in [-0.3, -0.25) is 14.9 Å². The Labute approximate surface area is 129 Å². The highest BCUT2D eigenvalue weighted by molar-refractivity contribution is 6.53. The fourth-order valence-corrected chi connectivity index (χ4v) is 2.11. The van der Waals surface area contributed by atoms with Crippen LogP contribution in [0.5, 0.6) is 5.75 Å². The van der Waals surface area contributed by atoms with Crippen molar-refractivity contribution in [2.75, 3.05) is 5.32 Å². The molecule has 1 aliphatic heterocycles. The second kappa shape index (κ2) is 5.68. The molecular formula is C15H10N4O4. The largest absolute Gasteiger partial charge is 0.507 e. The van der Waals surface area contributed by atoms with Crippen molar-refractivity contribution in [2.24, 2.45) is 10.2 Å². The van der Waals surface area contributed by atoms with E-state index in [1.54, 1.807) is 24.3 Å². The molecule has 0 bridgehead atoms. The summed E-state index contributed by atoms with van der Waals surface area (Å²) in [5.41, 5.74) is 1.36. The number of benzene rings is 2. The summed E-state index contributed by atoms with van der Waals surface area (Å²) in [7, 11) is 0. The number of nitrogens with zero attached hydrogens (tertiary/aromatic N) is 3. The molecule has 1 amide bonds. The molecule has 0 aliphatic carbocycles. The smallest absolute Gasteiger partial charge is 0.276 e. The second-order valence-electron chi connectivity index (χ2n) is 4.69. The summed E-state index contributed by atoms with van der Waals surface area (Å²) in [6, 6.07) is 10.6. The average Bonchev–Trinajstić information content (AvgIpc) is 2.85. The Morgan fingerprint density at radius 2 is 2.00 bits per heavy atom. The maximum atomic E-state index is 11.8. The Bertz CT molecular complexity index is 874. The molecule has 3 rings (SSSR count). The fraction of sp³-hybridized carbons (Fsp3) is 0. The van der Waals surface area contributed by atoms with Crippen molar-refractivity contribution in [1.82, 2.24) is 0 Å². The summed E-state index contributed by atoms with van der Waals surface area (Å²) < 4.78 is 0. The Hall–Kier alpha value is -3.55. The SMILES string of the molecule is O=C1Nc2ccccc2/C1=N/N=Cc1cc([N+](=O)[O-])ccc1O. The fourth-order valence-electron chi connectivity index (χ4n) is 2.11. The number of amides is 1. The number of anilines is 1. The van der Waals surface area contributed by atoms with Crippen LogP contribution in [0.1, 0.15) is 11.1 Å². The summed E-state index contributed by atoms with van der Waals surface area (Å²) in [6.45, 7) is 0. The number of carbonyl (C=O) groups excluding carboxylic acids is 1. The van der Waals surface area contributed by atoms with Gasteiger partial charge in [-0.05, 0) is 12.1 Å². The first-order chi connectivity index (χ1) is 11.1. The van der Waals surface area contributed by atoms with Gasteiger partial charge < -0.3 is 10.4 Å². The van der Waals surface area contributed by atoms with E-state index in [2.05, 4.69) is 15.5 Å². The molecule has 8 nitrogen and oxygen atoms in total. The number of aromatic hydroxyl groups is 1. The van der Waals surface area contributed by atoms with Crippen LogP contribution >= 0.6 is 0 Å². The van der Waals surface area contributed by atoms with Gasteiger partial charge in [-0.15, -0.1) is 5.10 Å². The number of nitro groups is 1. The zero-order chi connectivity index (χ0) is 16.4. The van der Waals surface area contributed by atoms with E-state index >= 15 is 0 Å². The summed E-state index contributed by atoms with van der Waals surface area (Å²) in [5.74, 6) is -0.553. The molecule has 23 heavy (non-hydrogen) atoms. The predicted molar refractivity (Wildman–Crippen MR) is 84.0 cm³/mol. The number of phenols is 1. The van der Waals surface area contributed by atoms with E-state index in [1.807, 2.05) is 0 Å². The third-order valence-corrected chi connectivity index (χ3v) is 3.22. The number of non-ortho nitro benzene ring substituents is 1. The molecule has 0 aromatic heterocycles. The molecule has 1 aliphatic rings. The second-order valence-corrected chi connectivity index (χ2v) is 4.69. The number of hydrogen-bond donors (Lipinski definition) is 2. The summed E-state index contributed by atoms with van der Waals surface area (Å²) in [6.07, 6.45) is 1.16. The lowest BCUT2D eigenvalue weighted by molar-refractivity contribution is -0.384. The molecule has 8 heteroatoms. The molecule has 0 saturated carbocycles. The molecular weight excluding hydrogens is 300 g/mol. The number of para-hydroxylation sites is 1. The van der Waals surface area contributed by atoms with Crippen LogP contribution in [-0.4, -0.2) is 27.9 Å². The first kappa shape index (κ1) is 14.4. The number of nitro benzene ring substituents is 1. The maximum absolute atomic E-state index is 11.8. The van der Waals surface area contributed by atoms with Gasteiger partial charge in [0, 0.05) is 23.3 Å². The molecule has 2 N–H and O–H groups in total. The van der Waals surface area contributed by atoms with E-state index in [0.29, 0.717) is 11.3 Å². The molecule has 114 valence electrons. The van der Waals surface area contributed by atoms with Crippen molar-refractivity contribution in [3.63, 3.8) is 0 Å². The van der Waals surface area contributed by atoms with E-state index in [1.165, 1.54) is 18.2 Å². The van der Waals surface area contributed by atoms with Gasteiger partial charge in [0.1, 0.15) is 5.75 Å². The Balaban J connectivity index is 1.91. The maximum Gasteiger partial charge on any atom is 0.276 e. The molecule has 0 saturated heterocycles. The lowest BCUT2D eigenvalue weighted by Crippen LogP contribution is -2.13. The summed E-state index contributed by atoms with van der Waals surface area (Å²) in [5, 5.41) is 30.7. The highest BCUT2D eigenvalue weighted by Crippen LogP contribution is 2.23. The minimum absolute atomic E-state index is 0.134. The lowest BCUT2D eigenvalue weighted by Gasteiger charge is -1.97. The number of phenolic OH excluding ortho intramolecular Hbond substituents is 1. The van der Waals surface area contributed by atoms with Crippen LogP contribution in [-0.2, 0) is 4.79 Å². The van der Waals surface area contributed by atoms with Crippen molar-refractivity contribution in [1.29, 1.82) is 0 Å². The molecule has 0 spiro atoms. The van der Waals surface area contributed by atoms with Gasteiger partial charge in [0.05, 0.1) is 16.8 Å². The monoisotopic (exact) mass is 310 g/mol. The molecule has 1 heterocycles. The molecule has 2 aromatic carbocycles.